The molecule has 0 spiro atoms. The number of anilines is 2. The van der Waals surface area contributed by atoms with E-state index in [0.29, 0.717) is 21.3 Å². The average Bonchev–Trinajstić information content (AvgIpc) is 3.59. The maximum atomic E-state index is 13.7. The smallest absolute Gasteiger partial charge is 0.308 e. The van der Waals surface area contributed by atoms with Gasteiger partial charge in [-0.15, -0.1) is 11.3 Å². The molecule has 0 bridgehead atoms. The maximum absolute atomic E-state index is 13.7. The third kappa shape index (κ3) is 4.11. The van der Waals surface area contributed by atoms with Crippen LogP contribution in [0.4, 0.5) is 15.8 Å². The zero-order chi connectivity index (χ0) is 26.6. The predicted octanol–water partition coefficient (Wildman–Crippen LogP) is 4.85. The first-order valence-corrected chi connectivity index (χ1v) is 14.3. The van der Waals surface area contributed by atoms with Crippen LogP contribution in [0.15, 0.2) is 75.9 Å². The van der Waals surface area contributed by atoms with Crippen LogP contribution in [0.5, 0.6) is 0 Å². The van der Waals surface area contributed by atoms with Gasteiger partial charge in [0.2, 0.25) is 17.7 Å². The fourth-order valence-corrected chi connectivity index (χ4v) is 8.64. The largest absolute Gasteiger partial charge is 0.324 e. The molecule has 192 valence electrons. The number of amides is 3. The van der Waals surface area contributed by atoms with Gasteiger partial charge in [0.25, 0.3) is 0 Å². The number of halogens is 1. The number of fused-ring (bicyclic) bond motifs is 2. The Labute approximate surface area is 228 Å². The Balaban J connectivity index is 1.39. The first-order chi connectivity index (χ1) is 18.3. The van der Waals surface area contributed by atoms with Crippen LogP contribution in [0.25, 0.3) is 0 Å². The molecule has 2 aliphatic rings. The number of benzene rings is 2. The van der Waals surface area contributed by atoms with Crippen molar-refractivity contribution in [3.63, 3.8) is 0 Å². The number of thioether (sulfide) groups is 1. The molecule has 38 heavy (non-hydrogen) atoms. The molecule has 3 unspecified atom stereocenters. The molecule has 3 amide bonds. The van der Waals surface area contributed by atoms with Crippen molar-refractivity contribution in [1.29, 1.82) is 0 Å². The minimum atomic E-state index is -0.785. The molecule has 6 rings (SSSR count). The number of imide groups is 1. The van der Waals surface area contributed by atoms with E-state index in [9.17, 15) is 23.6 Å². The quantitative estimate of drug-likeness (QED) is 0.350. The van der Waals surface area contributed by atoms with E-state index in [-0.39, 0.29) is 23.2 Å². The van der Waals surface area contributed by atoms with Crippen LogP contribution in [0.2, 0.25) is 0 Å². The molecule has 1 saturated heterocycles. The van der Waals surface area contributed by atoms with Gasteiger partial charge in [-0.3, -0.25) is 23.7 Å². The number of carbonyl (C=O) groups is 3. The lowest BCUT2D eigenvalue weighted by molar-refractivity contribution is -0.122. The highest BCUT2D eigenvalue weighted by Gasteiger charge is 2.57. The number of aromatic nitrogens is 1. The summed E-state index contributed by atoms with van der Waals surface area (Å²) in [5.41, 5.74) is 1.86. The first kappa shape index (κ1) is 24.8. The van der Waals surface area contributed by atoms with E-state index in [0.717, 1.165) is 38.4 Å². The predicted molar refractivity (Wildman–Crippen MR) is 147 cm³/mol. The lowest BCUT2D eigenvalue weighted by Crippen LogP contribution is -2.32. The zero-order valence-electron chi connectivity index (χ0n) is 19.9. The van der Waals surface area contributed by atoms with Gasteiger partial charge in [-0.1, -0.05) is 47.4 Å². The third-order valence-corrected chi connectivity index (χ3v) is 10.3. The van der Waals surface area contributed by atoms with Gasteiger partial charge >= 0.3 is 4.87 Å². The molecule has 0 aliphatic carbocycles. The zero-order valence-corrected chi connectivity index (χ0v) is 22.4. The van der Waals surface area contributed by atoms with Crippen molar-refractivity contribution in [3.8, 4) is 0 Å². The summed E-state index contributed by atoms with van der Waals surface area (Å²) >= 11 is 3.61. The third-order valence-electron chi connectivity index (χ3n) is 6.70. The number of aryl methyl sites for hydroxylation is 1. The number of carbonyl (C=O) groups excluding carboxylic acids is 3. The summed E-state index contributed by atoms with van der Waals surface area (Å²) in [5, 5.41) is 4.49. The maximum Gasteiger partial charge on any atom is 0.308 e. The van der Waals surface area contributed by atoms with Crippen LogP contribution in [-0.2, 0) is 20.9 Å². The van der Waals surface area contributed by atoms with Crippen molar-refractivity contribution in [3.05, 3.63) is 96.8 Å². The fraction of sp³-hybridized carbons (Fsp3) is 0.185. The van der Waals surface area contributed by atoms with Crippen LogP contribution in [-0.4, -0.2) is 27.5 Å². The SMILES string of the molecule is Cc1ccccc1NC(=O)Cn1c2c(sc1=O)C(c1cccs1)C1C(=O)N(c3ccc(F)cc3)C(=O)C1S2. The Morgan fingerprint density at radius 2 is 1.76 bits per heavy atom. The number of rotatable bonds is 5. The van der Waals surface area contributed by atoms with Gasteiger partial charge in [-0.2, -0.15) is 0 Å². The van der Waals surface area contributed by atoms with Crippen molar-refractivity contribution in [2.24, 2.45) is 5.92 Å². The molecule has 3 atom stereocenters. The molecule has 7 nitrogen and oxygen atoms in total. The number of para-hydroxylation sites is 1. The summed E-state index contributed by atoms with van der Waals surface area (Å²) in [6.07, 6.45) is 0. The fourth-order valence-electron chi connectivity index (χ4n) is 4.92. The molecule has 1 N–H and O–H groups in total. The Hall–Kier alpha value is -3.54. The summed E-state index contributed by atoms with van der Waals surface area (Å²) in [7, 11) is 0. The summed E-state index contributed by atoms with van der Waals surface area (Å²) in [6, 6.07) is 16.4. The summed E-state index contributed by atoms with van der Waals surface area (Å²) in [5.74, 6) is -2.86. The van der Waals surface area contributed by atoms with Gasteiger partial charge in [0, 0.05) is 21.4 Å². The van der Waals surface area contributed by atoms with Gasteiger partial charge in [0.1, 0.15) is 17.6 Å². The highest BCUT2D eigenvalue weighted by molar-refractivity contribution is 8.00. The molecule has 0 radical (unpaired) electrons. The normalized spacial score (nSPS) is 20.4. The standard InChI is InChI=1S/C27H20FN3O4S3/c1-14-5-2-3-6-17(14)29-19(32)13-30-26-23(38-27(30)35)20(18-7-4-12-36-18)21-22(37-26)25(34)31(24(21)33)16-10-8-15(28)9-11-16/h2-12,20-22H,13H2,1H3,(H,29,32). The van der Waals surface area contributed by atoms with Crippen LogP contribution < -0.4 is 15.1 Å². The van der Waals surface area contributed by atoms with E-state index in [4.69, 9.17) is 0 Å². The van der Waals surface area contributed by atoms with E-state index in [1.807, 2.05) is 42.6 Å². The molecule has 4 aromatic rings. The van der Waals surface area contributed by atoms with Crippen LogP contribution in [0.1, 0.15) is 21.2 Å². The van der Waals surface area contributed by atoms with Crippen molar-refractivity contribution in [2.75, 3.05) is 10.2 Å². The molecule has 0 saturated carbocycles. The number of nitrogens with zero attached hydrogens (tertiary/aromatic N) is 2. The Kier molecular flexibility index (Phi) is 6.29. The Morgan fingerprint density at radius 1 is 1.00 bits per heavy atom. The van der Waals surface area contributed by atoms with E-state index >= 15 is 0 Å². The second-order valence-electron chi connectivity index (χ2n) is 9.03. The Morgan fingerprint density at radius 3 is 2.47 bits per heavy atom. The molecule has 2 aromatic heterocycles. The second kappa shape index (κ2) is 9.64. The number of thiophene rings is 1. The lowest BCUT2D eigenvalue weighted by Gasteiger charge is -2.29. The van der Waals surface area contributed by atoms with Crippen molar-refractivity contribution >= 4 is 63.5 Å². The minimum Gasteiger partial charge on any atom is -0.324 e. The van der Waals surface area contributed by atoms with Crippen LogP contribution >= 0.6 is 34.4 Å². The molecule has 2 aliphatic heterocycles. The number of hydrogen-bond donors (Lipinski definition) is 1. The number of nitrogens with one attached hydrogen (secondary N) is 1. The number of hydrogen-bond acceptors (Lipinski definition) is 7. The molecule has 2 aromatic carbocycles. The molecule has 4 heterocycles. The molecular formula is C27H20FN3O4S3. The van der Waals surface area contributed by atoms with E-state index in [2.05, 4.69) is 5.32 Å². The first-order valence-electron chi connectivity index (χ1n) is 11.8. The van der Waals surface area contributed by atoms with Crippen LogP contribution in [0, 0.1) is 18.7 Å². The highest BCUT2D eigenvalue weighted by Crippen LogP contribution is 2.54. The van der Waals surface area contributed by atoms with Crippen LogP contribution in [0.3, 0.4) is 0 Å². The van der Waals surface area contributed by atoms with Crippen molar-refractivity contribution < 1.29 is 18.8 Å². The average molecular weight is 566 g/mol. The monoisotopic (exact) mass is 565 g/mol. The second-order valence-corrected chi connectivity index (χ2v) is 12.1. The Bertz CT molecular complexity index is 1630. The van der Waals surface area contributed by atoms with Gasteiger partial charge < -0.3 is 5.32 Å². The summed E-state index contributed by atoms with van der Waals surface area (Å²) in [4.78, 5) is 55.8. The van der Waals surface area contributed by atoms with E-state index < -0.39 is 28.8 Å². The van der Waals surface area contributed by atoms with E-state index in [1.54, 1.807) is 6.07 Å². The molecular weight excluding hydrogens is 546 g/mol. The van der Waals surface area contributed by atoms with Crippen molar-refractivity contribution in [1.82, 2.24) is 4.57 Å². The summed E-state index contributed by atoms with van der Waals surface area (Å²) < 4.78 is 14.9. The number of thiazole rings is 1. The van der Waals surface area contributed by atoms with Gasteiger partial charge in [0.05, 0.1) is 16.6 Å². The van der Waals surface area contributed by atoms with Crippen molar-refractivity contribution in [2.45, 2.75) is 29.7 Å². The molecule has 11 heteroatoms. The van der Waals surface area contributed by atoms with Gasteiger partial charge in [-0.25, -0.2) is 9.29 Å². The van der Waals surface area contributed by atoms with Gasteiger partial charge in [0.15, 0.2) is 0 Å². The highest BCUT2D eigenvalue weighted by atomic mass is 32.2. The molecule has 1 fully saturated rings. The topological polar surface area (TPSA) is 88.5 Å². The lowest BCUT2D eigenvalue weighted by atomic mass is 9.87. The van der Waals surface area contributed by atoms with Gasteiger partial charge in [-0.05, 0) is 54.3 Å². The van der Waals surface area contributed by atoms with E-state index in [1.165, 1.54) is 40.2 Å². The summed E-state index contributed by atoms with van der Waals surface area (Å²) in [6.45, 7) is 1.66. The minimum absolute atomic E-state index is 0.218.